The molecule has 3 aliphatic carbocycles. The van der Waals surface area contributed by atoms with Crippen molar-refractivity contribution in [2.24, 2.45) is 23.2 Å². The summed E-state index contributed by atoms with van der Waals surface area (Å²) >= 11 is 0. The van der Waals surface area contributed by atoms with Crippen LogP contribution < -0.4 is 5.32 Å². The van der Waals surface area contributed by atoms with Gasteiger partial charge in [-0.25, -0.2) is 4.79 Å². The van der Waals surface area contributed by atoms with Crippen LogP contribution in [-0.2, 0) is 11.3 Å². The molecule has 40 heavy (non-hydrogen) atoms. The highest BCUT2D eigenvalue weighted by molar-refractivity contribution is 5.68. The summed E-state index contributed by atoms with van der Waals surface area (Å²) in [5.41, 5.74) is 4.09. The quantitative estimate of drug-likeness (QED) is 0.296. The first-order valence-corrected chi connectivity index (χ1v) is 15.4. The highest BCUT2D eigenvalue weighted by Gasteiger charge is 2.50. The van der Waals surface area contributed by atoms with Crippen LogP contribution in [0.3, 0.4) is 0 Å². The zero-order valence-electron chi connectivity index (χ0n) is 25.1. The largest absolute Gasteiger partial charge is 0.445 e. The van der Waals surface area contributed by atoms with E-state index in [9.17, 15) is 15.0 Å². The van der Waals surface area contributed by atoms with E-state index in [4.69, 9.17) is 4.74 Å². The number of nitrogens with one attached hydrogen (secondary N) is 1. The summed E-state index contributed by atoms with van der Waals surface area (Å²) in [5, 5.41) is 23.7. The molecule has 0 heterocycles. The lowest BCUT2D eigenvalue weighted by Gasteiger charge is -2.44. The molecule has 3 fully saturated rings. The van der Waals surface area contributed by atoms with Crippen molar-refractivity contribution in [2.75, 3.05) is 0 Å². The van der Waals surface area contributed by atoms with E-state index in [0.717, 1.165) is 41.9 Å². The Morgan fingerprint density at radius 2 is 2.00 bits per heavy atom. The number of hydrogen-bond donors (Lipinski definition) is 3. The maximum atomic E-state index is 12.5. The van der Waals surface area contributed by atoms with Crippen LogP contribution in [0.5, 0.6) is 0 Å². The third-order valence-corrected chi connectivity index (χ3v) is 9.97. The van der Waals surface area contributed by atoms with E-state index < -0.39 is 17.8 Å². The van der Waals surface area contributed by atoms with Crippen LogP contribution in [0.2, 0.25) is 0 Å². The fourth-order valence-electron chi connectivity index (χ4n) is 7.81. The first-order chi connectivity index (χ1) is 19.0. The molecule has 0 spiro atoms. The maximum Gasteiger partial charge on any atom is 0.407 e. The fourth-order valence-corrected chi connectivity index (χ4v) is 7.81. The van der Waals surface area contributed by atoms with E-state index >= 15 is 0 Å². The molecule has 0 saturated heterocycles. The van der Waals surface area contributed by atoms with Gasteiger partial charge in [-0.05, 0) is 105 Å². The van der Waals surface area contributed by atoms with Crippen molar-refractivity contribution in [1.29, 1.82) is 0 Å². The van der Waals surface area contributed by atoms with Crippen LogP contribution in [0.4, 0.5) is 4.79 Å². The summed E-state index contributed by atoms with van der Waals surface area (Å²) in [6.07, 6.45) is 13.7. The van der Waals surface area contributed by atoms with Gasteiger partial charge in [0.15, 0.2) is 0 Å². The topological polar surface area (TPSA) is 78.8 Å². The molecule has 5 nitrogen and oxygen atoms in total. The van der Waals surface area contributed by atoms with Crippen molar-refractivity contribution >= 4 is 6.09 Å². The van der Waals surface area contributed by atoms with Crippen molar-refractivity contribution in [3.05, 3.63) is 71.3 Å². The number of aliphatic hydroxyl groups excluding tert-OH is 1. The molecule has 0 bridgehead atoms. The molecule has 3 N–H and O–H groups in total. The van der Waals surface area contributed by atoms with E-state index in [1.165, 1.54) is 37.7 Å². The molecule has 6 atom stereocenters. The Balaban J connectivity index is 1.39. The molecule has 1 aromatic carbocycles. The molecule has 220 valence electrons. The van der Waals surface area contributed by atoms with Crippen LogP contribution >= 0.6 is 0 Å². The second-order valence-corrected chi connectivity index (χ2v) is 13.6. The molecule has 1 aromatic rings. The number of rotatable bonds is 9. The number of amides is 1. The average molecular weight is 550 g/mol. The Kier molecular flexibility index (Phi) is 10.00. The molecule has 5 heteroatoms. The number of allylic oxidation sites excluding steroid dienone is 3. The third kappa shape index (κ3) is 7.67. The summed E-state index contributed by atoms with van der Waals surface area (Å²) in [6.45, 7) is 13.3. The van der Waals surface area contributed by atoms with Gasteiger partial charge in [0.1, 0.15) is 6.61 Å². The number of alkyl carbamates (subject to hydrolysis) is 1. The molecule has 0 radical (unpaired) electrons. The van der Waals surface area contributed by atoms with Crippen LogP contribution in [0.25, 0.3) is 0 Å². The monoisotopic (exact) mass is 549 g/mol. The Labute approximate surface area is 241 Å². The van der Waals surface area contributed by atoms with Crippen molar-refractivity contribution in [3.8, 4) is 0 Å². The Hall–Kier alpha value is -2.37. The smallest absolute Gasteiger partial charge is 0.407 e. The SMILES string of the molecule is C=C1/C(=C\C=C2/CCC[C@]3(C)[C@@H]([C@H](C)CCCC(C)(C)O)CC[C@@H]23)C[C@@H](O)C[C@@H]1NC(=O)OCc1ccccc1. The molecule has 4 rings (SSSR count). The summed E-state index contributed by atoms with van der Waals surface area (Å²) < 4.78 is 5.42. The fraction of sp³-hybridized carbons (Fsp3) is 0.629. The zero-order chi connectivity index (χ0) is 28.9. The van der Waals surface area contributed by atoms with Gasteiger partial charge in [0.25, 0.3) is 0 Å². The standard InChI is InChI=1S/C35H51NO4/c1-24(11-9-19-34(3,4)39)30-17-18-31-27(14-10-20-35(30,31)5)15-16-28-21-29(37)22-32(25(28)2)36-33(38)40-23-26-12-7-6-8-13-26/h6-8,12-13,15-16,24,29-32,37,39H,2,9-11,14,17-23H2,1,3-5H3,(H,36,38)/b27-15+,28-16-/t24-,29-,30-,31+,32+,35-/m1/s1. The number of aliphatic hydroxyl groups is 2. The molecular formula is C35H51NO4. The number of hydrogen-bond acceptors (Lipinski definition) is 4. The van der Waals surface area contributed by atoms with Gasteiger partial charge < -0.3 is 20.3 Å². The van der Waals surface area contributed by atoms with Gasteiger partial charge in [-0.3, -0.25) is 0 Å². The summed E-state index contributed by atoms with van der Waals surface area (Å²) in [6, 6.07) is 9.28. The minimum absolute atomic E-state index is 0.211. The lowest BCUT2D eigenvalue weighted by atomic mass is 9.60. The van der Waals surface area contributed by atoms with Gasteiger partial charge >= 0.3 is 6.09 Å². The van der Waals surface area contributed by atoms with Gasteiger partial charge in [0.05, 0.1) is 17.7 Å². The first-order valence-electron chi connectivity index (χ1n) is 15.4. The lowest BCUT2D eigenvalue weighted by Crippen LogP contribution is -2.42. The van der Waals surface area contributed by atoms with E-state index in [2.05, 4.69) is 37.9 Å². The highest BCUT2D eigenvalue weighted by Crippen LogP contribution is 2.60. The number of ether oxygens (including phenoxy) is 1. The highest BCUT2D eigenvalue weighted by atomic mass is 16.5. The van der Waals surface area contributed by atoms with Crippen LogP contribution in [0.15, 0.2) is 65.8 Å². The Morgan fingerprint density at radius 3 is 2.73 bits per heavy atom. The zero-order valence-corrected chi connectivity index (χ0v) is 25.1. The summed E-state index contributed by atoms with van der Waals surface area (Å²) in [7, 11) is 0. The van der Waals surface area contributed by atoms with Crippen molar-refractivity contribution in [2.45, 2.75) is 116 Å². The van der Waals surface area contributed by atoms with Gasteiger partial charge in [-0.15, -0.1) is 0 Å². The lowest BCUT2D eigenvalue weighted by molar-refractivity contribution is 0.0596. The van der Waals surface area contributed by atoms with Gasteiger partial charge in [0.2, 0.25) is 0 Å². The van der Waals surface area contributed by atoms with E-state index in [0.29, 0.717) is 30.1 Å². The minimum atomic E-state index is -0.580. The number of benzene rings is 1. The van der Waals surface area contributed by atoms with Gasteiger partial charge in [-0.2, -0.15) is 0 Å². The van der Waals surface area contributed by atoms with E-state index in [-0.39, 0.29) is 12.6 Å². The minimum Gasteiger partial charge on any atom is -0.445 e. The van der Waals surface area contributed by atoms with Crippen LogP contribution in [0.1, 0.15) is 97.5 Å². The molecule has 1 amide bonds. The molecule has 0 aromatic heterocycles. The molecule has 3 saturated carbocycles. The number of carbonyl (C=O) groups excluding carboxylic acids is 1. The van der Waals surface area contributed by atoms with E-state index in [1.54, 1.807) is 0 Å². The third-order valence-electron chi connectivity index (χ3n) is 9.97. The molecule has 3 aliphatic rings. The van der Waals surface area contributed by atoms with Crippen molar-refractivity contribution < 1.29 is 19.7 Å². The normalized spacial score (nSPS) is 31.7. The molecule has 0 unspecified atom stereocenters. The maximum absolute atomic E-state index is 12.5. The predicted octanol–water partition coefficient (Wildman–Crippen LogP) is 7.64. The van der Waals surface area contributed by atoms with Crippen molar-refractivity contribution in [1.82, 2.24) is 5.32 Å². The van der Waals surface area contributed by atoms with Crippen LogP contribution in [0, 0.1) is 23.2 Å². The van der Waals surface area contributed by atoms with E-state index in [1.807, 2.05) is 44.2 Å². The summed E-state index contributed by atoms with van der Waals surface area (Å²) in [4.78, 5) is 12.5. The van der Waals surface area contributed by atoms with Crippen molar-refractivity contribution in [3.63, 3.8) is 0 Å². The molecular weight excluding hydrogens is 498 g/mol. The molecule has 0 aliphatic heterocycles. The Bertz CT molecular complexity index is 1080. The first kappa shape index (κ1) is 30.6. The number of fused-ring (bicyclic) bond motifs is 1. The predicted molar refractivity (Wildman–Crippen MR) is 162 cm³/mol. The second kappa shape index (κ2) is 13.1. The van der Waals surface area contributed by atoms with Crippen LogP contribution in [-0.4, -0.2) is 34.1 Å². The number of carbonyl (C=O) groups is 1. The Morgan fingerprint density at radius 1 is 1.25 bits per heavy atom. The van der Waals surface area contributed by atoms with Gasteiger partial charge in [0, 0.05) is 0 Å². The average Bonchev–Trinajstić information content (AvgIpc) is 3.26. The summed E-state index contributed by atoms with van der Waals surface area (Å²) in [5.74, 6) is 1.98. The second-order valence-electron chi connectivity index (χ2n) is 13.6. The van der Waals surface area contributed by atoms with Gasteiger partial charge in [-0.1, -0.05) is 81.3 Å².